The maximum absolute atomic E-state index is 13.3. The van der Waals surface area contributed by atoms with Crippen molar-refractivity contribution in [3.63, 3.8) is 0 Å². The van der Waals surface area contributed by atoms with Gasteiger partial charge >= 0.3 is 12.1 Å². The number of halogens is 3. The fraction of sp³-hybridized carbons (Fsp3) is 0.500. The Morgan fingerprint density at radius 3 is 2.62 bits per heavy atom. The lowest BCUT2D eigenvalue weighted by atomic mass is 9.94. The third kappa shape index (κ3) is 2.77. The predicted molar refractivity (Wildman–Crippen MR) is 77.0 cm³/mol. The van der Waals surface area contributed by atoms with Crippen LogP contribution in [0.5, 0.6) is 0 Å². The van der Waals surface area contributed by atoms with Gasteiger partial charge < -0.3 is 15.0 Å². The van der Waals surface area contributed by atoms with Crippen LogP contribution in [0.1, 0.15) is 40.5 Å². The number of hydrogen-bond acceptors (Lipinski definition) is 5. The summed E-state index contributed by atoms with van der Waals surface area (Å²) >= 11 is 0. The number of H-pyrrole nitrogens is 1. The number of aromatic amines is 1. The molecule has 2 aromatic heterocycles. The molecule has 0 unspecified atom stereocenters. The van der Waals surface area contributed by atoms with Crippen molar-refractivity contribution in [1.82, 2.24) is 19.9 Å². The van der Waals surface area contributed by atoms with E-state index >= 15 is 0 Å². The van der Waals surface area contributed by atoms with E-state index in [4.69, 9.17) is 0 Å². The first kappa shape index (κ1) is 16.5. The Bertz CT molecular complexity index is 834. The van der Waals surface area contributed by atoms with Crippen molar-refractivity contribution in [2.45, 2.75) is 24.9 Å². The lowest BCUT2D eigenvalue weighted by Crippen LogP contribution is -2.28. The number of ether oxygens (including phenoxy) is 1. The number of esters is 1. The number of hydrogen-bond donors (Lipinski definition) is 2. The molecule has 0 aliphatic carbocycles. The van der Waals surface area contributed by atoms with Crippen LogP contribution < -0.4 is 10.9 Å². The number of methoxy groups -OCH3 is 1. The number of nitrogens with zero attached hydrogens (tertiary/aromatic N) is 2. The molecule has 0 spiro atoms. The quantitative estimate of drug-likeness (QED) is 0.802. The van der Waals surface area contributed by atoms with E-state index in [-0.39, 0.29) is 11.6 Å². The summed E-state index contributed by atoms with van der Waals surface area (Å²) in [5.41, 5.74) is -2.68. The molecule has 10 heteroatoms. The second-order valence-corrected chi connectivity index (χ2v) is 5.56. The molecule has 1 aliphatic heterocycles. The van der Waals surface area contributed by atoms with Crippen molar-refractivity contribution in [1.29, 1.82) is 0 Å². The molecule has 1 saturated heterocycles. The number of fused-ring (bicyclic) bond motifs is 1. The average molecular weight is 344 g/mol. The third-order valence-electron chi connectivity index (χ3n) is 4.07. The van der Waals surface area contributed by atoms with Crippen molar-refractivity contribution in [3.05, 3.63) is 33.4 Å². The van der Waals surface area contributed by atoms with Crippen LogP contribution in [0.4, 0.5) is 13.2 Å². The van der Waals surface area contributed by atoms with E-state index in [9.17, 15) is 22.8 Å². The van der Waals surface area contributed by atoms with Crippen LogP contribution in [0.15, 0.2) is 10.9 Å². The minimum absolute atomic E-state index is 0.123. The van der Waals surface area contributed by atoms with Crippen LogP contribution in [-0.2, 0) is 10.9 Å². The summed E-state index contributed by atoms with van der Waals surface area (Å²) in [6, 6.07) is 1.23. The minimum atomic E-state index is -4.85. The highest BCUT2D eigenvalue weighted by atomic mass is 19.4. The van der Waals surface area contributed by atoms with Crippen molar-refractivity contribution >= 4 is 11.6 Å². The van der Waals surface area contributed by atoms with Crippen LogP contribution in [0, 0.1) is 0 Å². The lowest BCUT2D eigenvalue weighted by Gasteiger charge is -2.23. The summed E-state index contributed by atoms with van der Waals surface area (Å²) in [7, 11) is 0.973. The number of carbonyl (C=O) groups is 1. The predicted octanol–water partition coefficient (Wildman–Crippen LogP) is 1.29. The molecule has 130 valence electrons. The normalized spacial score (nSPS) is 16.5. The van der Waals surface area contributed by atoms with Gasteiger partial charge in [-0.1, -0.05) is 0 Å². The summed E-state index contributed by atoms with van der Waals surface area (Å²) in [5.74, 6) is -1.32. The Morgan fingerprint density at radius 1 is 1.38 bits per heavy atom. The van der Waals surface area contributed by atoms with E-state index in [0.717, 1.165) is 11.6 Å². The van der Waals surface area contributed by atoms with Gasteiger partial charge in [-0.15, -0.1) is 0 Å². The first-order valence-corrected chi connectivity index (χ1v) is 7.35. The van der Waals surface area contributed by atoms with E-state index in [1.165, 1.54) is 6.07 Å². The summed E-state index contributed by atoms with van der Waals surface area (Å²) < 4.78 is 45.3. The standard InChI is InChI=1S/C14H15F3N4O3/c1-24-13(23)10-11(14(15,16)17)20-21-8(6-9(22)19-12(10)21)7-2-4-18-5-3-7/h6-7,18H,2-5H2,1H3,(H,19,22). The largest absolute Gasteiger partial charge is 0.465 e. The average Bonchev–Trinajstić information content (AvgIpc) is 2.93. The second-order valence-electron chi connectivity index (χ2n) is 5.56. The van der Waals surface area contributed by atoms with E-state index < -0.39 is 29.0 Å². The number of nitrogens with one attached hydrogen (secondary N) is 2. The Labute approximate surface area is 133 Å². The Hall–Kier alpha value is -2.36. The number of alkyl halides is 3. The summed E-state index contributed by atoms with van der Waals surface area (Å²) in [5, 5.41) is 6.72. The Morgan fingerprint density at radius 2 is 2.04 bits per heavy atom. The van der Waals surface area contributed by atoms with Crippen LogP contribution in [0.2, 0.25) is 0 Å². The zero-order chi connectivity index (χ0) is 17.5. The number of carbonyl (C=O) groups excluding carboxylic acids is 1. The number of aromatic nitrogens is 3. The van der Waals surface area contributed by atoms with Gasteiger partial charge in [-0.05, 0) is 25.9 Å². The number of piperidine rings is 1. The fourth-order valence-corrected chi connectivity index (χ4v) is 2.97. The molecule has 2 aromatic rings. The molecule has 3 heterocycles. The van der Waals surface area contributed by atoms with E-state index in [0.29, 0.717) is 31.6 Å². The molecule has 0 bridgehead atoms. The first-order chi connectivity index (χ1) is 11.3. The van der Waals surface area contributed by atoms with Crippen molar-refractivity contribution in [2.75, 3.05) is 20.2 Å². The molecule has 0 amide bonds. The third-order valence-corrected chi connectivity index (χ3v) is 4.07. The van der Waals surface area contributed by atoms with Gasteiger partial charge in [0.25, 0.3) is 5.56 Å². The molecule has 0 aromatic carbocycles. The highest BCUT2D eigenvalue weighted by Crippen LogP contribution is 2.34. The van der Waals surface area contributed by atoms with Crippen LogP contribution in [0.25, 0.3) is 5.65 Å². The van der Waals surface area contributed by atoms with Gasteiger partial charge in [0.15, 0.2) is 11.3 Å². The molecular formula is C14H15F3N4O3. The highest BCUT2D eigenvalue weighted by molar-refractivity contribution is 5.97. The van der Waals surface area contributed by atoms with Gasteiger partial charge in [0, 0.05) is 12.0 Å². The fourth-order valence-electron chi connectivity index (χ4n) is 2.97. The van der Waals surface area contributed by atoms with Crippen LogP contribution >= 0.6 is 0 Å². The minimum Gasteiger partial charge on any atom is -0.465 e. The monoisotopic (exact) mass is 344 g/mol. The molecule has 7 nitrogen and oxygen atoms in total. The van der Waals surface area contributed by atoms with Gasteiger partial charge in [0.2, 0.25) is 0 Å². The van der Waals surface area contributed by atoms with Crippen molar-refractivity contribution in [3.8, 4) is 0 Å². The second kappa shape index (κ2) is 5.93. The molecule has 0 saturated carbocycles. The molecule has 0 atom stereocenters. The molecule has 2 N–H and O–H groups in total. The van der Waals surface area contributed by atoms with E-state index in [1.54, 1.807) is 0 Å². The van der Waals surface area contributed by atoms with E-state index in [1.807, 2.05) is 0 Å². The van der Waals surface area contributed by atoms with Crippen molar-refractivity contribution in [2.24, 2.45) is 0 Å². The summed E-state index contributed by atoms with van der Waals surface area (Å²) in [6.45, 7) is 1.38. The lowest BCUT2D eigenvalue weighted by molar-refractivity contribution is -0.141. The van der Waals surface area contributed by atoms with Gasteiger partial charge in [0.05, 0.1) is 12.8 Å². The van der Waals surface area contributed by atoms with Gasteiger partial charge in [0.1, 0.15) is 5.56 Å². The Kier molecular flexibility index (Phi) is 4.08. The maximum Gasteiger partial charge on any atom is 0.436 e. The molecule has 3 rings (SSSR count). The highest BCUT2D eigenvalue weighted by Gasteiger charge is 2.41. The molecule has 24 heavy (non-hydrogen) atoms. The summed E-state index contributed by atoms with van der Waals surface area (Å²) in [6.07, 6.45) is -3.53. The van der Waals surface area contributed by atoms with Crippen LogP contribution in [0.3, 0.4) is 0 Å². The smallest absolute Gasteiger partial charge is 0.436 e. The summed E-state index contributed by atoms with van der Waals surface area (Å²) in [4.78, 5) is 26.0. The van der Waals surface area contributed by atoms with E-state index in [2.05, 4.69) is 20.1 Å². The Balaban J connectivity index is 2.30. The molecule has 1 fully saturated rings. The zero-order valence-corrected chi connectivity index (χ0v) is 12.7. The molecule has 0 radical (unpaired) electrons. The van der Waals surface area contributed by atoms with Crippen LogP contribution in [-0.4, -0.2) is 40.8 Å². The molecule has 1 aliphatic rings. The molecular weight excluding hydrogens is 329 g/mol. The van der Waals surface area contributed by atoms with Gasteiger partial charge in [-0.3, -0.25) is 4.79 Å². The first-order valence-electron chi connectivity index (χ1n) is 7.35. The van der Waals surface area contributed by atoms with Crippen molar-refractivity contribution < 1.29 is 22.7 Å². The van der Waals surface area contributed by atoms with Gasteiger partial charge in [-0.25, -0.2) is 9.31 Å². The maximum atomic E-state index is 13.3. The number of rotatable bonds is 2. The SMILES string of the molecule is COC(=O)c1c(C(F)(F)F)nn2c(C3CCNCC3)cc(=O)[nH]c12. The zero-order valence-electron chi connectivity index (χ0n) is 12.7. The topological polar surface area (TPSA) is 88.5 Å². The van der Waals surface area contributed by atoms with Gasteiger partial charge in [-0.2, -0.15) is 18.3 Å².